The number of fused-ring (bicyclic) bond motifs is 1. The summed E-state index contributed by atoms with van der Waals surface area (Å²) in [6, 6.07) is 11.3. The molecule has 9 heteroatoms. The van der Waals surface area contributed by atoms with Crippen molar-refractivity contribution in [2.45, 2.75) is 32.6 Å². The van der Waals surface area contributed by atoms with Crippen LogP contribution < -0.4 is 5.32 Å². The molecule has 2 atom stereocenters. The van der Waals surface area contributed by atoms with Crippen molar-refractivity contribution >= 4 is 35.0 Å². The van der Waals surface area contributed by atoms with Gasteiger partial charge in [-0.25, -0.2) is 9.79 Å². The number of amides is 3. The largest absolute Gasteiger partial charge is 0.357 e. The van der Waals surface area contributed by atoms with Gasteiger partial charge in [0.25, 0.3) is 0 Å². The molecule has 0 saturated heterocycles. The Hall–Kier alpha value is -3.88. The second kappa shape index (κ2) is 8.70. The molecule has 9 nitrogen and oxygen atoms in total. The highest BCUT2D eigenvalue weighted by Crippen LogP contribution is 2.22. The second-order valence-corrected chi connectivity index (χ2v) is 8.09. The quantitative estimate of drug-likeness (QED) is 0.603. The first-order valence-electron chi connectivity index (χ1n) is 10.4. The van der Waals surface area contributed by atoms with E-state index >= 15 is 0 Å². The summed E-state index contributed by atoms with van der Waals surface area (Å²) in [5, 5.41) is 4.30. The van der Waals surface area contributed by atoms with E-state index in [1.165, 1.54) is 4.90 Å². The molecule has 3 heterocycles. The summed E-state index contributed by atoms with van der Waals surface area (Å²) in [6.07, 6.45) is 3.52. The van der Waals surface area contributed by atoms with Crippen molar-refractivity contribution in [2.75, 3.05) is 19.4 Å². The third-order valence-corrected chi connectivity index (χ3v) is 5.81. The molecule has 0 fully saturated rings. The number of likely N-dealkylation sites (N-methyl/N-ethyl adjacent to an activating group) is 2. The number of nitrogens with zero attached hydrogens (tertiary/aromatic N) is 5. The molecule has 32 heavy (non-hydrogen) atoms. The number of pyridine rings is 1. The van der Waals surface area contributed by atoms with Crippen LogP contribution in [0.15, 0.2) is 53.8 Å². The monoisotopic (exact) mass is 433 g/mol. The number of benzene rings is 1. The fourth-order valence-electron chi connectivity index (χ4n) is 3.85. The molecule has 2 N–H and O–H groups in total. The van der Waals surface area contributed by atoms with Crippen molar-refractivity contribution in [3.8, 4) is 0 Å². The van der Waals surface area contributed by atoms with Crippen LogP contribution in [0.25, 0.3) is 10.9 Å². The van der Waals surface area contributed by atoms with Gasteiger partial charge in [0.2, 0.25) is 12.4 Å². The normalized spacial score (nSPS) is 17.9. The van der Waals surface area contributed by atoms with Crippen LogP contribution in [-0.4, -0.2) is 69.4 Å². The molecule has 2 unspecified atom stereocenters. The highest BCUT2D eigenvalue weighted by molar-refractivity contribution is 5.95. The van der Waals surface area contributed by atoms with Crippen LogP contribution in [-0.2, 0) is 11.3 Å². The first-order valence-corrected chi connectivity index (χ1v) is 10.4. The van der Waals surface area contributed by atoms with Crippen molar-refractivity contribution in [3.05, 3.63) is 60.0 Å². The minimum atomic E-state index is -0.440. The SMILES string of the molecule is Cc1ccc2cc(CN(C=O)C(=O)N(C)C3N=C(Nc4ccncc4)N(C)C3C)[nH]c2c1. The molecule has 1 aliphatic heterocycles. The predicted octanol–water partition coefficient (Wildman–Crippen LogP) is 3.01. The smallest absolute Gasteiger partial charge is 0.328 e. The fraction of sp³-hybridized carbons (Fsp3) is 0.304. The van der Waals surface area contributed by atoms with E-state index in [0.29, 0.717) is 12.4 Å². The zero-order valence-electron chi connectivity index (χ0n) is 18.6. The Morgan fingerprint density at radius 1 is 1.25 bits per heavy atom. The molecule has 4 rings (SSSR count). The lowest BCUT2D eigenvalue weighted by Crippen LogP contribution is -2.49. The summed E-state index contributed by atoms with van der Waals surface area (Å²) in [4.78, 5) is 41.6. The number of guanidine groups is 1. The summed E-state index contributed by atoms with van der Waals surface area (Å²) in [6.45, 7) is 4.17. The summed E-state index contributed by atoms with van der Waals surface area (Å²) in [7, 11) is 3.58. The average Bonchev–Trinajstić information content (AvgIpc) is 3.32. The van der Waals surface area contributed by atoms with Gasteiger partial charge in [-0.05, 0) is 49.1 Å². The Balaban J connectivity index is 1.49. The van der Waals surface area contributed by atoms with Crippen molar-refractivity contribution in [2.24, 2.45) is 4.99 Å². The number of carbonyl (C=O) groups excluding carboxylic acids is 2. The lowest BCUT2D eigenvalue weighted by molar-refractivity contribution is -0.116. The number of hydrogen-bond donors (Lipinski definition) is 2. The minimum absolute atomic E-state index is 0.0714. The molecule has 2 aromatic heterocycles. The topological polar surface area (TPSA) is 96.9 Å². The number of carbonyl (C=O) groups is 2. The zero-order valence-corrected chi connectivity index (χ0v) is 18.6. The van der Waals surface area contributed by atoms with E-state index < -0.39 is 12.2 Å². The standard InChI is InChI=1S/C23H27N7O2/c1-15-5-6-17-12-19(25-20(17)11-15)13-30(14-31)23(32)29(4)21-16(2)28(3)22(27-21)26-18-7-9-24-10-8-18/h5-12,14,16,21,25H,13H2,1-4H3,(H,24,26,27). The highest BCUT2D eigenvalue weighted by atomic mass is 16.2. The third-order valence-electron chi connectivity index (χ3n) is 5.81. The number of aliphatic imine (C=N–C) groups is 1. The van der Waals surface area contributed by atoms with Gasteiger partial charge in [0.1, 0.15) is 6.17 Å². The molecule has 1 aromatic carbocycles. The first kappa shape index (κ1) is 21.4. The Morgan fingerprint density at radius 2 is 2.00 bits per heavy atom. The fourth-order valence-corrected chi connectivity index (χ4v) is 3.85. The number of aromatic nitrogens is 2. The summed E-state index contributed by atoms with van der Waals surface area (Å²) in [5.41, 5.74) is 3.77. The van der Waals surface area contributed by atoms with Gasteiger partial charge in [0, 0.05) is 43.4 Å². The molecule has 3 amide bonds. The lowest BCUT2D eigenvalue weighted by Gasteiger charge is -2.31. The van der Waals surface area contributed by atoms with Gasteiger partial charge in [0.15, 0.2) is 0 Å². The number of imide groups is 1. The van der Waals surface area contributed by atoms with E-state index in [1.807, 2.05) is 62.2 Å². The van der Waals surface area contributed by atoms with Crippen LogP contribution in [0.5, 0.6) is 0 Å². The predicted molar refractivity (Wildman–Crippen MR) is 124 cm³/mol. The number of anilines is 1. The zero-order chi connectivity index (χ0) is 22.8. The molecular formula is C23H27N7O2. The molecule has 0 bridgehead atoms. The molecule has 1 aliphatic rings. The first-order chi connectivity index (χ1) is 15.4. The Labute approximate surface area is 186 Å². The molecule has 0 saturated carbocycles. The van der Waals surface area contributed by atoms with E-state index in [4.69, 9.17) is 4.99 Å². The van der Waals surface area contributed by atoms with Crippen molar-refractivity contribution in [3.63, 3.8) is 0 Å². The molecule has 0 radical (unpaired) electrons. The number of hydrogen-bond acceptors (Lipinski definition) is 6. The maximum Gasteiger partial charge on any atom is 0.328 e. The van der Waals surface area contributed by atoms with Gasteiger partial charge in [0.05, 0.1) is 12.6 Å². The molecular weight excluding hydrogens is 406 g/mol. The number of aryl methyl sites for hydroxylation is 1. The molecule has 166 valence electrons. The number of nitrogens with one attached hydrogen (secondary N) is 2. The maximum absolute atomic E-state index is 13.1. The van der Waals surface area contributed by atoms with Crippen LogP contribution in [0.4, 0.5) is 10.5 Å². The van der Waals surface area contributed by atoms with E-state index in [1.54, 1.807) is 19.4 Å². The van der Waals surface area contributed by atoms with Gasteiger partial charge < -0.3 is 20.1 Å². The average molecular weight is 434 g/mol. The summed E-state index contributed by atoms with van der Waals surface area (Å²) in [5.74, 6) is 0.650. The van der Waals surface area contributed by atoms with Crippen LogP contribution in [0.3, 0.4) is 0 Å². The second-order valence-electron chi connectivity index (χ2n) is 8.09. The van der Waals surface area contributed by atoms with Gasteiger partial charge in [-0.15, -0.1) is 0 Å². The summed E-state index contributed by atoms with van der Waals surface area (Å²) < 4.78 is 0. The van der Waals surface area contributed by atoms with Crippen molar-refractivity contribution in [1.29, 1.82) is 0 Å². The lowest BCUT2D eigenvalue weighted by atomic mass is 10.2. The van der Waals surface area contributed by atoms with E-state index in [-0.39, 0.29) is 12.6 Å². The minimum Gasteiger partial charge on any atom is -0.357 e. The van der Waals surface area contributed by atoms with Crippen molar-refractivity contribution < 1.29 is 9.59 Å². The number of urea groups is 1. The Bertz CT molecular complexity index is 1160. The van der Waals surface area contributed by atoms with E-state index in [9.17, 15) is 9.59 Å². The highest BCUT2D eigenvalue weighted by Gasteiger charge is 2.36. The van der Waals surface area contributed by atoms with Crippen molar-refractivity contribution in [1.82, 2.24) is 24.7 Å². The maximum atomic E-state index is 13.1. The third kappa shape index (κ3) is 4.14. The number of aromatic amines is 1. The van der Waals surface area contributed by atoms with Gasteiger partial charge in [-0.2, -0.15) is 0 Å². The molecule has 3 aromatic rings. The number of H-pyrrole nitrogens is 1. The number of rotatable bonds is 5. The Morgan fingerprint density at radius 3 is 2.72 bits per heavy atom. The molecule has 0 spiro atoms. The molecule has 0 aliphatic carbocycles. The summed E-state index contributed by atoms with van der Waals surface area (Å²) >= 11 is 0. The van der Waals surface area contributed by atoms with Crippen LogP contribution >= 0.6 is 0 Å². The van der Waals surface area contributed by atoms with Crippen LogP contribution in [0, 0.1) is 6.92 Å². The Kier molecular flexibility index (Phi) is 5.81. The van der Waals surface area contributed by atoms with Crippen LogP contribution in [0.2, 0.25) is 0 Å². The van der Waals surface area contributed by atoms with E-state index in [2.05, 4.69) is 15.3 Å². The van der Waals surface area contributed by atoms with E-state index in [0.717, 1.165) is 32.7 Å². The van der Waals surface area contributed by atoms with Gasteiger partial charge in [-0.3, -0.25) is 14.7 Å². The van der Waals surface area contributed by atoms with Crippen LogP contribution in [0.1, 0.15) is 18.2 Å². The van der Waals surface area contributed by atoms with Gasteiger partial charge >= 0.3 is 6.03 Å². The van der Waals surface area contributed by atoms with Gasteiger partial charge in [-0.1, -0.05) is 12.1 Å².